The third-order valence-electron chi connectivity index (χ3n) is 1.88. The molecule has 0 aliphatic carbocycles. The lowest BCUT2D eigenvalue weighted by Crippen LogP contribution is -2.31. The second-order valence-corrected chi connectivity index (χ2v) is 2.62. The number of nitrogens with zero attached hydrogens (tertiary/aromatic N) is 1. The van der Waals surface area contributed by atoms with E-state index in [0.29, 0.717) is 26.1 Å². The molecule has 1 fully saturated rings. The van der Waals surface area contributed by atoms with Gasteiger partial charge in [-0.1, -0.05) is 0 Å². The molecular weight excluding hydrogens is 152 g/mol. The Kier molecular flexibility index (Phi) is 2.40. The zero-order valence-electron chi connectivity index (χ0n) is 6.02. The molecule has 0 bridgehead atoms. The highest BCUT2D eigenvalue weighted by atomic mass is 19.3. The van der Waals surface area contributed by atoms with E-state index in [9.17, 15) is 8.78 Å². The zero-order valence-corrected chi connectivity index (χ0v) is 6.02. The highest BCUT2D eigenvalue weighted by Gasteiger charge is 2.40. The summed E-state index contributed by atoms with van der Waals surface area (Å²) in [7, 11) is 0. The summed E-state index contributed by atoms with van der Waals surface area (Å²) in [5, 5.41) is 8.11. The van der Waals surface area contributed by atoms with Gasteiger partial charge in [-0.2, -0.15) is 14.0 Å². The summed E-state index contributed by atoms with van der Waals surface area (Å²) in [6, 6.07) is 1.02. The molecule has 0 N–H and O–H groups in total. The summed E-state index contributed by atoms with van der Waals surface area (Å²) in [6.45, 7) is 0.698. The monoisotopic (exact) mass is 161 g/mol. The van der Waals surface area contributed by atoms with E-state index < -0.39 is 11.8 Å². The molecule has 0 unspecified atom stereocenters. The molecule has 0 aromatic carbocycles. The van der Waals surface area contributed by atoms with E-state index in [2.05, 4.69) is 0 Å². The van der Waals surface area contributed by atoms with Gasteiger partial charge in [0.2, 0.25) is 0 Å². The Hall–Kier alpha value is -0.690. The summed E-state index contributed by atoms with van der Waals surface area (Å²) >= 11 is 0. The fraction of sp³-hybridized carbons (Fsp3) is 0.857. The van der Waals surface area contributed by atoms with Crippen molar-refractivity contribution in [1.82, 2.24) is 0 Å². The predicted molar refractivity (Wildman–Crippen MR) is 34.1 cm³/mol. The minimum atomic E-state index is -3.16. The number of nitriles is 1. The van der Waals surface area contributed by atoms with Crippen molar-refractivity contribution in [2.45, 2.75) is 18.8 Å². The van der Waals surface area contributed by atoms with E-state index in [1.165, 1.54) is 0 Å². The maximum atomic E-state index is 12.6. The smallest absolute Gasteiger partial charge is 0.334 e. The molecule has 0 radical (unpaired) electrons. The third kappa shape index (κ3) is 1.87. The van der Waals surface area contributed by atoms with Crippen LogP contribution in [-0.2, 0) is 4.74 Å². The Morgan fingerprint density at radius 3 is 2.36 bits per heavy atom. The fourth-order valence-corrected chi connectivity index (χ4v) is 1.15. The maximum Gasteiger partial charge on any atom is 0.334 e. The lowest BCUT2D eigenvalue weighted by molar-refractivity contribution is -0.0545. The highest BCUT2D eigenvalue weighted by molar-refractivity contribution is 4.97. The summed E-state index contributed by atoms with van der Waals surface area (Å²) in [5.41, 5.74) is 0. The molecule has 0 saturated carbocycles. The topological polar surface area (TPSA) is 33.0 Å². The molecule has 0 aromatic rings. The zero-order chi connectivity index (χ0) is 8.32. The van der Waals surface area contributed by atoms with E-state index in [-0.39, 0.29) is 0 Å². The first-order valence-corrected chi connectivity index (χ1v) is 3.53. The van der Waals surface area contributed by atoms with E-state index in [1.807, 2.05) is 0 Å². The van der Waals surface area contributed by atoms with Crippen LogP contribution in [0.3, 0.4) is 0 Å². The molecule has 1 rings (SSSR count). The van der Waals surface area contributed by atoms with Crippen molar-refractivity contribution in [3.63, 3.8) is 0 Å². The fourth-order valence-electron chi connectivity index (χ4n) is 1.15. The van der Waals surface area contributed by atoms with Gasteiger partial charge in [0, 0.05) is 19.1 Å². The van der Waals surface area contributed by atoms with Gasteiger partial charge in [0.05, 0.1) is 0 Å². The van der Waals surface area contributed by atoms with Crippen LogP contribution in [0.15, 0.2) is 0 Å². The number of rotatable bonds is 1. The van der Waals surface area contributed by atoms with Gasteiger partial charge in [-0.25, -0.2) is 0 Å². The first kappa shape index (κ1) is 8.41. The molecule has 1 saturated heterocycles. The average Bonchev–Trinajstić information content (AvgIpc) is 2.06. The van der Waals surface area contributed by atoms with Crippen molar-refractivity contribution >= 4 is 0 Å². The molecule has 0 atom stereocenters. The first-order chi connectivity index (χ1) is 5.17. The van der Waals surface area contributed by atoms with Crippen LogP contribution < -0.4 is 0 Å². The second kappa shape index (κ2) is 3.14. The van der Waals surface area contributed by atoms with Crippen molar-refractivity contribution < 1.29 is 13.5 Å². The van der Waals surface area contributed by atoms with Gasteiger partial charge < -0.3 is 4.74 Å². The molecule has 4 heteroatoms. The molecule has 62 valence electrons. The van der Waals surface area contributed by atoms with E-state index in [4.69, 9.17) is 10.00 Å². The van der Waals surface area contributed by atoms with E-state index >= 15 is 0 Å². The quantitative estimate of drug-likeness (QED) is 0.584. The van der Waals surface area contributed by atoms with Gasteiger partial charge in [0.15, 0.2) is 0 Å². The van der Waals surface area contributed by atoms with Crippen molar-refractivity contribution in [2.75, 3.05) is 13.2 Å². The van der Waals surface area contributed by atoms with E-state index in [1.54, 1.807) is 0 Å². The van der Waals surface area contributed by atoms with Crippen molar-refractivity contribution in [1.29, 1.82) is 5.26 Å². The number of ether oxygens (including phenoxy) is 1. The van der Waals surface area contributed by atoms with Crippen LogP contribution in [0.2, 0.25) is 0 Å². The predicted octanol–water partition coefficient (Wildman–Crippen LogP) is 1.57. The van der Waals surface area contributed by atoms with Crippen LogP contribution in [0.1, 0.15) is 12.8 Å². The largest absolute Gasteiger partial charge is 0.381 e. The Balaban J connectivity index is 2.52. The van der Waals surface area contributed by atoms with Gasteiger partial charge in [0.1, 0.15) is 6.07 Å². The van der Waals surface area contributed by atoms with Crippen LogP contribution in [-0.4, -0.2) is 19.1 Å². The maximum absolute atomic E-state index is 12.6. The number of hydrogen-bond donors (Lipinski definition) is 0. The van der Waals surface area contributed by atoms with E-state index in [0.717, 1.165) is 6.07 Å². The number of halogens is 2. The molecule has 11 heavy (non-hydrogen) atoms. The molecule has 0 amide bonds. The Morgan fingerprint density at radius 1 is 1.36 bits per heavy atom. The third-order valence-corrected chi connectivity index (χ3v) is 1.88. The van der Waals surface area contributed by atoms with Crippen molar-refractivity contribution in [3.05, 3.63) is 0 Å². The van der Waals surface area contributed by atoms with Crippen LogP contribution in [0.4, 0.5) is 8.78 Å². The molecular formula is C7H9F2NO. The summed E-state index contributed by atoms with van der Waals surface area (Å²) in [4.78, 5) is 0. The normalized spacial score (nSPS) is 21.2. The molecule has 1 aliphatic rings. The van der Waals surface area contributed by atoms with Crippen molar-refractivity contribution in [2.24, 2.45) is 5.92 Å². The lowest BCUT2D eigenvalue weighted by Gasteiger charge is -2.24. The lowest BCUT2D eigenvalue weighted by atomic mass is 9.94. The van der Waals surface area contributed by atoms with Gasteiger partial charge in [0.25, 0.3) is 0 Å². The molecule has 0 aromatic heterocycles. The van der Waals surface area contributed by atoms with Crippen LogP contribution >= 0.6 is 0 Å². The number of alkyl halides is 2. The SMILES string of the molecule is N#CC(F)(F)C1CCOCC1. The highest BCUT2D eigenvalue weighted by Crippen LogP contribution is 2.31. The Labute approximate surface area is 63.8 Å². The second-order valence-electron chi connectivity index (χ2n) is 2.62. The van der Waals surface area contributed by atoms with Gasteiger partial charge in [-0.15, -0.1) is 0 Å². The van der Waals surface area contributed by atoms with Crippen LogP contribution in [0.25, 0.3) is 0 Å². The summed E-state index contributed by atoms with van der Waals surface area (Å²) in [5.74, 6) is -3.97. The standard InChI is InChI=1S/C7H9F2NO/c8-7(9,5-10)6-1-3-11-4-2-6/h6H,1-4H2. The Morgan fingerprint density at radius 2 is 1.91 bits per heavy atom. The number of hydrogen-bond acceptors (Lipinski definition) is 2. The molecule has 1 heterocycles. The van der Waals surface area contributed by atoms with Crippen molar-refractivity contribution in [3.8, 4) is 6.07 Å². The van der Waals surface area contributed by atoms with Gasteiger partial charge >= 0.3 is 5.92 Å². The minimum absolute atomic E-state index is 0.292. The first-order valence-electron chi connectivity index (χ1n) is 3.53. The molecule has 0 spiro atoms. The summed E-state index contributed by atoms with van der Waals surface area (Å²) in [6.07, 6.45) is 0.584. The van der Waals surface area contributed by atoms with Gasteiger partial charge in [-0.3, -0.25) is 0 Å². The molecule has 2 nitrogen and oxygen atoms in total. The minimum Gasteiger partial charge on any atom is -0.381 e. The molecule has 1 aliphatic heterocycles. The summed E-state index contributed by atoms with van der Waals surface area (Å²) < 4.78 is 30.1. The Bertz CT molecular complexity index is 170. The van der Waals surface area contributed by atoms with Crippen LogP contribution in [0.5, 0.6) is 0 Å². The van der Waals surface area contributed by atoms with Gasteiger partial charge in [-0.05, 0) is 12.8 Å². The van der Waals surface area contributed by atoms with Crippen LogP contribution in [0, 0.1) is 17.2 Å². The average molecular weight is 161 g/mol.